The van der Waals surface area contributed by atoms with Crippen LogP contribution in [-0.2, 0) is 16.1 Å². The average Bonchev–Trinajstić information content (AvgIpc) is 3.05. The number of aromatic nitrogens is 1. The Morgan fingerprint density at radius 2 is 1.81 bits per heavy atom. The van der Waals surface area contributed by atoms with Crippen LogP contribution in [0.15, 0.2) is 78.6 Å². The molecule has 1 N–H and O–H groups in total. The summed E-state index contributed by atoms with van der Waals surface area (Å²) in [7, 11) is 1.56. The van der Waals surface area contributed by atoms with Crippen molar-refractivity contribution in [3.05, 3.63) is 100 Å². The molecule has 6 nitrogen and oxygen atoms in total. The molecular formula is C24H19ClN2O4. The number of aliphatic hydroxyl groups is 1. The third kappa shape index (κ3) is 4.02. The number of methoxy groups -OCH3 is 1. The second kappa shape index (κ2) is 8.62. The van der Waals surface area contributed by atoms with E-state index in [2.05, 4.69) is 4.98 Å². The zero-order valence-corrected chi connectivity index (χ0v) is 17.4. The summed E-state index contributed by atoms with van der Waals surface area (Å²) in [4.78, 5) is 31.5. The molecule has 2 aromatic carbocycles. The van der Waals surface area contributed by atoms with E-state index in [-0.39, 0.29) is 17.9 Å². The van der Waals surface area contributed by atoms with Gasteiger partial charge < -0.3 is 14.7 Å². The van der Waals surface area contributed by atoms with Crippen molar-refractivity contribution in [1.29, 1.82) is 0 Å². The second-order valence-electron chi connectivity index (χ2n) is 7.07. The van der Waals surface area contributed by atoms with Crippen molar-refractivity contribution in [1.82, 2.24) is 9.88 Å². The number of amides is 1. The Hall–Kier alpha value is -3.64. The number of pyridine rings is 1. The Morgan fingerprint density at radius 1 is 1.10 bits per heavy atom. The van der Waals surface area contributed by atoms with Crippen molar-refractivity contribution in [3.63, 3.8) is 0 Å². The number of benzene rings is 2. The van der Waals surface area contributed by atoms with Crippen LogP contribution in [0.4, 0.5) is 0 Å². The van der Waals surface area contributed by atoms with Crippen LogP contribution in [0, 0.1) is 0 Å². The van der Waals surface area contributed by atoms with E-state index in [4.69, 9.17) is 16.3 Å². The van der Waals surface area contributed by atoms with Gasteiger partial charge in [-0.2, -0.15) is 0 Å². The lowest BCUT2D eigenvalue weighted by Crippen LogP contribution is -2.29. The third-order valence-electron chi connectivity index (χ3n) is 5.16. The van der Waals surface area contributed by atoms with Gasteiger partial charge in [0.05, 0.1) is 18.7 Å². The molecular weight excluding hydrogens is 416 g/mol. The van der Waals surface area contributed by atoms with Gasteiger partial charge in [0.25, 0.3) is 11.7 Å². The topological polar surface area (TPSA) is 79.7 Å². The highest BCUT2D eigenvalue weighted by atomic mass is 35.5. The van der Waals surface area contributed by atoms with Crippen molar-refractivity contribution in [2.45, 2.75) is 12.6 Å². The lowest BCUT2D eigenvalue weighted by Gasteiger charge is -2.25. The van der Waals surface area contributed by atoms with E-state index in [9.17, 15) is 14.7 Å². The number of carbonyl (C=O) groups excluding carboxylic acids is 2. The molecule has 7 heteroatoms. The van der Waals surface area contributed by atoms with E-state index in [0.29, 0.717) is 21.9 Å². The van der Waals surface area contributed by atoms with Crippen molar-refractivity contribution in [2.24, 2.45) is 0 Å². The lowest BCUT2D eigenvalue weighted by atomic mass is 9.95. The number of Topliss-reactive ketones (excluding diaryl/α,β-unsaturated/α-hetero) is 1. The number of rotatable bonds is 5. The monoisotopic (exact) mass is 434 g/mol. The fourth-order valence-electron chi connectivity index (χ4n) is 3.63. The Kier molecular flexibility index (Phi) is 5.73. The number of ketones is 1. The Balaban J connectivity index is 1.85. The zero-order valence-electron chi connectivity index (χ0n) is 16.7. The fraction of sp³-hybridized carbons (Fsp3) is 0.125. The molecule has 1 atom stereocenters. The van der Waals surface area contributed by atoms with Gasteiger partial charge in [-0.15, -0.1) is 0 Å². The molecule has 2 heterocycles. The largest absolute Gasteiger partial charge is 0.507 e. The quantitative estimate of drug-likeness (QED) is 0.366. The number of halogens is 1. The number of likely N-dealkylation sites (tertiary alicyclic amines) is 1. The first kappa shape index (κ1) is 20.6. The molecule has 0 spiro atoms. The molecule has 1 amide bonds. The second-order valence-corrected chi connectivity index (χ2v) is 7.50. The van der Waals surface area contributed by atoms with Crippen LogP contribution >= 0.6 is 11.6 Å². The van der Waals surface area contributed by atoms with Crippen LogP contribution < -0.4 is 4.74 Å². The van der Waals surface area contributed by atoms with Crippen LogP contribution in [0.2, 0.25) is 5.02 Å². The van der Waals surface area contributed by atoms with Crippen molar-refractivity contribution >= 4 is 29.1 Å². The molecule has 1 aliphatic rings. The average molecular weight is 435 g/mol. The van der Waals surface area contributed by atoms with Gasteiger partial charge in [-0.3, -0.25) is 14.6 Å². The maximum atomic E-state index is 13.0. The molecule has 1 saturated heterocycles. The van der Waals surface area contributed by atoms with E-state index in [1.807, 2.05) is 6.07 Å². The van der Waals surface area contributed by atoms with Gasteiger partial charge in [-0.1, -0.05) is 29.8 Å². The van der Waals surface area contributed by atoms with E-state index in [1.54, 1.807) is 74.1 Å². The maximum absolute atomic E-state index is 13.0. The molecule has 3 aromatic rings. The van der Waals surface area contributed by atoms with E-state index < -0.39 is 17.7 Å². The number of carbonyl (C=O) groups is 2. The van der Waals surface area contributed by atoms with Gasteiger partial charge in [0.2, 0.25) is 0 Å². The minimum Gasteiger partial charge on any atom is -0.507 e. The van der Waals surface area contributed by atoms with Crippen molar-refractivity contribution < 1.29 is 19.4 Å². The van der Waals surface area contributed by atoms with Crippen LogP contribution in [0.3, 0.4) is 0 Å². The van der Waals surface area contributed by atoms with E-state index in [0.717, 1.165) is 5.56 Å². The minimum atomic E-state index is -0.762. The first-order valence-electron chi connectivity index (χ1n) is 9.57. The molecule has 31 heavy (non-hydrogen) atoms. The summed E-state index contributed by atoms with van der Waals surface area (Å²) in [5.74, 6) is -1.02. The minimum absolute atomic E-state index is 0.0291. The Bertz CT molecular complexity index is 1140. The first-order chi connectivity index (χ1) is 15.0. The number of hydrogen-bond donors (Lipinski definition) is 1. The SMILES string of the molecule is COc1ccc([C@@H]2/C(=C(\O)c3ccc(Cl)cc3)C(=O)C(=O)N2Cc2cccnc2)cc1. The molecule has 0 bridgehead atoms. The smallest absolute Gasteiger partial charge is 0.295 e. The van der Waals surface area contributed by atoms with Crippen molar-refractivity contribution in [2.75, 3.05) is 7.11 Å². The summed E-state index contributed by atoms with van der Waals surface area (Å²) in [6, 6.07) is 16.3. The van der Waals surface area contributed by atoms with Gasteiger partial charge in [0, 0.05) is 29.5 Å². The predicted octanol–water partition coefficient (Wildman–Crippen LogP) is 4.37. The van der Waals surface area contributed by atoms with Gasteiger partial charge >= 0.3 is 0 Å². The first-order valence-corrected chi connectivity index (χ1v) is 9.94. The van der Waals surface area contributed by atoms with E-state index in [1.165, 1.54) is 4.90 Å². The van der Waals surface area contributed by atoms with Crippen LogP contribution in [0.25, 0.3) is 5.76 Å². The molecule has 1 fully saturated rings. The van der Waals surface area contributed by atoms with Gasteiger partial charge in [-0.25, -0.2) is 0 Å². The van der Waals surface area contributed by atoms with Gasteiger partial charge in [0.15, 0.2) is 0 Å². The summed E-state index contributed by atoms with van der Waals surface area (Å²) in [5, 5.41) is 11.5. The summed E-state index contributed by atoms with van der Waals surface area (Å²) in [6.07, 6.45) is 3.28. The predicted molar refractivity (Wildman–Crippen MR) is 117 cm³/mol. The number of hydrogen-bond acceptors (Lipinski definition) is 5. The number of ether oxygens (including phenoxy) is 1. The fourth-order valence-corrected chi connectivity index (χ4v) is 3.75. The molecule has 0 aliphatic carbocycles. The molecule has 156 valence electrons. The van der Waals surface area contributed by atoms with Gasteiger partial charge in [0.1, 0.15) is 11.5 Å². The summed E-state index contributed by atoms with van der Waals surface area (Å²) in [6.45, 7) is 0.173. The molecule has 4 rings (SSSR count). The maximum Gasteiger partial charge on any atom is 0.295 e. The summed E-state index contributed by atoms with van der Waals surface area (Å²) >= 11 is 5.95. The van der Waals surface area contributed by atoms with Crippen LogP contribution in [-0.4, -0.2) is 33.8 Å². The molecule has 0 radical (unpaired) electrons. The van der Waals surface area contributed by atoms with E-state index >= 15 is 0 Å². The number of aliphatic hydroxyl groups excluding tert-OH is 1. The molecule has 0 unspecified atom stereocenters. The zero-order chi connectivity index (χ0) is 22.0. The molecule has 1 aliphatic heterocycles. The highest BCUT2D eigenvalue weighted by Gasteiger charge is 2.46. The normalized spacial score (nSPS) is 17.7. The summed E-state index contributed by atoms with van der Waals surface area (Å²) in [5.41, 5.74) is 1.89. The van der Waals surface area contributed by atoms with Crippen LogP contribution in [0.1, 0.15) is 22.7 Å². The highest BCUT2D eigenvalue weighted by Crippen LogP contribution is 2.40. The molecule has 1 aromatic heterocycles. The Labute approximate surface area is 184 Å². The summed E-state index contributed by atoms with van der Waals surface area (Å²) < 4.78 is 5.22. The standard InChI is InChI=1S/C24H19ClN2O4/c1-31-19-10-6-16(7-11-19)21-20(22(28)17-4-8-18(25)9-5-17)23(29)24(30)27(21)14-15-3-2-12-26-13-15/h2-13,21,28H,14H2,1H3/b22-20+/t21-/m1/s1. The van der Waals surface area contributed by atoms with Crippen molar-refractivity contribution in [3.8, 4) is 5.75 Å². The Morgan fingerprint density at radius 3 is 2.42 bits per heavy atom. The third-order valence-corrected chi connectivity index (χ3v) is 5.42. The van der Waals surface area contributed by atoms with Gasteiger partial charge in [-0.05, 0) is 53.6 Å². The number of nitrogens with zero attached hydrogens (tertiary/aromatic N) is 2. The molecule has 0 saturated carbocycles. The lowest BCUT2D eigenvalue weighted by molar-refractivity contribution is -0.140. The van der Waals surface area contributed by atoms with Crippen LogP contribution in [0.5, 0.6) is 5.75 Å². The highest BCUT2D eigenvalue weighted by molar-refractivity contribution is 6.46.